The highest BCUT2D eigenvalue weighted by molar-refractivity contribution is 6.11. The third-order valence-corrected chi connectivity index (χ3v) is 4.55. The smallest absolute Gasteiger partial charge is 0.269 e. The van der Waals surface area contributed by atoms with E-state index < -0.39 is 0 Å². The van der Waals surface area contributed by atoms with Crippen LogP contribution >= 0.6 is 0 Å². The quantitative estimate of drug-likeness (QED) is 0.851. The average molecular weight is 352 g/mol. The molecule has 26 heavy (non-hydrogen) atoms. The molecule has 2 aliphatic rings. The standard InChI is InChI=1S/C19H20N4O3/c1-13-10-22(12-20-13)16-6-5-14(9-17(16)25-2)8-15-4-3-7-23-18(24)11-26-21-19(15)23/h5-6,8-10,12H,3-4,7,11H2,1-2H3/b15-8+. The summed E-state index contributed by atoms with van der Waals surface area (Å²) < 4.78 is 7.50. The van der Waals surface area contributed by atoms with Crippen molar-refractivity contribution in [3.8, 4) is 11.4 Å². The molecule has 1 fully saturated rings. The van der Waals surface area contributed by atoms with Gasteiger partial charge in [-0.3, -0.25) is 9.69 Å². The Morgan fingerprint density at radius 3 is 3.00 bits per heavy atom. The van der Waals surface area contributed by atoms with Crippen molar-refractivity contribution >= 4 is 17.8 Å². The number of amidine groups is 1. The highest BCUT2D eigenvalue weighted by Gasteiger charge is 2.30. The summed E-state index contributed by atoms with van der Waals surface area (Å²) in [7, 11) is 1.65. The number of imidazole rings is 1. The van der Waals surface area contributed by atoms with Crippen molar-refractivity contribution in [2.24, 2.45) is 5.16 Å². The number of amides is 1. The molecule has 2 aromatic rings. The lowest BCUT2D eigenvalue weighted by atomic mass is 9.99. The topological polar surface area (TPSA) is 68.9 Å². The Kier molecular flexibility index (Phi) is 4.20. The van der Waals surface area contributed by atoms with Crippen molar-refractivity contribution in [3.63, 3.8) is 0 Å². The fourth-order valence-electron chi connectivity index (χ4n) is 3.28. The predicted molar refractivity (Wildman–Crippen MR) is 97.2 cm³/mol. The maximum Gasteiger partial charge on any atom is 0.269 e. The molecule has 0 aliphatic carbocycles. The van der Waals surface area contributed by atoms with E-state index in [9.17, 15) is 4.79 Å². The van der Waals surface area contributed by atoms with Gasteiger partial charge in [-0.2, -0.15) is 0 Å². The van der Waals surface area contributed by atoms with Crippen molar-refractivity contribution in [2.45, 2.75) is 19.8 Å². The van der Waals surface area contributed by atoms with Gasteiger partial charge in [-0.15, -0.1) is 0 Å². The minimum Gasteiger partial charge on any atom is -0.495 e. The molecule has 4 rings (SSSR count). The molecule has 1 amide bonds. The van der Waals surface area contributed by atoms with Gasteiger partial charge in [0.15, 0.2) is 12.4 Å². The van der Waals surface area contributed by atoms with Gasteiger partial charge in [0.05, 0.1) is 24.8 Å². The molecule has 7 heteroatoms. The van der Waals surface area contributed by atoms with E-state index in [0.717, 1.165) is 41.1 Å². The van der Waals surface area contributed by atoms with Crippen LogP contribution in [0.5, 0.6) is 5.75 Å². The van der Waals surface area contributed by atoms with E-state index in [1.54, 1.807) is 18.3 Å². The van der Waals surface area contributed by atoms with Gasteiger partial charge in [0, 0.05) is 12.7 Å². The predicted octanol–water partition coefficient (Wildman–Crippen LogP) is 2.54. The molecule has 7 nitrogen and oxygen atoms in total. The second-order valence-corrected chi connectivity index (χ2v) is 6.36. The van der Waals surface area contributed by atoms with Crippen molar-refractivity contribution in [3.05, 3.63) is 47.6 Å². The van der Waals surface area contributed by atoms with E-state index in [-0.39, 0.29) is 12.5 Å². The number of aromatic nitrogens is 2. The fraction of sp³-hybridized carbons (Fsp3) is 0.316. The number of fused-ring (bicyclic) bond motifs is 1. The number of nitrogens with zero attached hydrogens (tertiary/aromatic N) is 4. The maximum atomic E-state index is 12.0. The lowest BCUT2D eigenvalue weighted by Gasteiger charge is -2.32. The van der Waals surface area contributed by atoms with Gasteiger partial charge >= 0.3 is 0 Å². The second-order valence-electron chi connectivity index (χ2n) is 6.36. The Hall–Kier alpha value is -3.09. The number of hydrogen-bond donors (Lipinski definition) is 0. The molecule has 1 aromatic heterocycles. The number of aryl methyl sites for hydroxylation is 1. The van der Waals surface area contributed by atoms with E-state index in [1.807, 2.05) is 42.0 Å². The van der Waals surface area contributed by atoms with Gasteiger partial charge in [0.1, 0.15) is 5.75 Å². The molecule has 1 saturated heterocycles. The van der Waals surface area contributed by atoms with E-state index >= 15 is 0 Å². The van der Waals surface area contributed by atoms with Crippen molar-refractivity contribution in [1.29, 1.82) is 0 Å². The first-order chi connectivity index (χ1) is 12.7. The van der Waals surface area contributed by atoms with E-state index in [4.69, 9.17) is 9.57 Å². The minimum atomic E-state index is -0.0380. The Labute approximate surface area is 151 Å². The number of oxime groups is 1. The van der Waals surface area contributed by atoms with Crippen LogP contribution in [0, 0.1) is 6.92 Å². The zero-order chi connectivity index (χ0) is 18.1. The summed E-state index contributed by atoms with van der Waals surface area (Å²) in [6, 6.07) is 5.99. The van der Waals surface area contributed by atoms with Crippen LogP contribution in [0.3, 0.4) is 0 Å². The first-order valence-electron chi connectivity index (χ1n) is 8.56. The summed E-state index contributed by atoms with van der Waals surface area (Å²) in [4.78, 5) is 23.0. The lowest BCUT2D eigenvalue weighted by molar-refractivity contribution is -0.134. The highest BCUT2D eigenvalue weighted by Crippen LogP contribution is 2.28. The van der Waals surface area contributed by atoms with Crippen LogP contribution in [0.4, 0.5) is 0 Å². The number of ether oxygens (including phenoxy) is 1. The summed E-state index contributed by atoms with van der Waals surface area (Å²) >= 11 is 0. The van der Waals surface area contributed by atoms with Crippen LogP contribution in [0.25, 0.3) is 11.8 Å². The summed E-state index contributed by atoms with van der Waals surface area (Å²) in [5.74, 6) is 1.34. The Morgan fingerprint density at radius 1 is 1.35 bits per heavy atom. The van der Waals surface area contributed by atoms with Gasteiger partial charge < -0.3 is 14.1 Å². The van der Waals surface area contributed by atoms with Crippen LogP contribution in [0.1, 0.15) is 24.1 Å². The molecule has 3 heterocycles. The molecule has 134 valence electrons. The highest BCUT2D eigenvalue weighted by atomic mass is 16.6. The summed E-state index contributed by atoms with van der Waals surface area (Å²) in [5, 5.41) is 4.10. The van der Waals surface area contributed by atoms with Crippen molar-refractivity contribution in [1.82, 2.24) is 14.5 Å². The van der Waals surface area contributed by atoms with Gasteiger partial charge in [-0.1, -0.05) is 11.2 Å². The number of methoxy groups -OCH3 is 1. The minimum absolute atomic E-state index is 0.0175. The third-order valence-electron chi connectivity index (χ3n) is 4.55. The number of piperidine rings is 1. The molecule has 2 aliphatic heterocycles. The molecular formula is C19H20N4O3. The SMILES string of the molecule is COc1cc(/C=C2\CCCN3C(=O)CON=C23)ccc1-n1cnc(C)c1. The zero-order valence-electron chi connectivity index (χ0n) is 14.8. The largest absolute Gasteiger partial charge is 0.495 e. The third kappa shape index (κ3) is 2.96. The van der Waals surface area contributed by atoms with Gasteiger partial charge in [0.25, 0.3) is 5.91 Å². The molecular weight excluding hydrogens is 332 g/mol. The van der Waals surface area contributed by atoms with Crippen molar-refractivity contribution in [2.75, 3.05) is 20.3 Å². The fourth-order valence-corrected chi connectivity index (χ4v) is 3.28. The first kappa shape index (κ1) is 16.4. The van der Waals surface area contributed by atoms with E-state index in [0.29, 0.717) is 12.4 Å². The van der Waals surface area contributed by atoms with E-state index in [1.165, 1.54) is 0 Å². The molecule has 0 saturated carbocycles. The first-order valence-corrected chi connectivity index (χ1v) is 8.56. The molecule has 0 spiro atoms. The molecule has 1 aromatic carbocycles. The van der Waals surface area contributed by atoms with Gasteiger partial charge in [-0.25, -0.2) is 4.98 Å². The van der Waals surface area contributed by atoms with Crippen LogP contribution in [-0.4, -0.2) is 46.5 Å². The van der Waals surface area contributed by atoms with Crippen LogP contribution in [0.2, 0.25) is 0 Å². The number of hydrogen-bond acceptors (Lipinski definition) is 5. The average Bonchev–Trinajstić information content (AvgIpc) is 3.08. The lowest BCUT2D eigenvalue weighted by Crippen LogP contribution is -2.46. The normalized spacial score (nSPS) is 18.4. The van der Waals surface area contributed by atoms with Crippen LogP contribution in [0.15, 0.2) is 41.5 Å². The van der Waals surface area contributed by atoms with Gasteiger partial charge in [0.2, 0.25) is 0 Å². The molecule has 0 atom stereocenters. The summed E-state index contributed by atoms with van der Waals surface area (Å²) in [6.07, 6.45) is 7.54. The number of carbonyl (C=O) groups excluding carboxylic acids is 1. The number of carbonyl (C=O) groups is 1. The van der Waals surface area contributed by atoms with E-state index in [2.05, 4.69) is 10.1 Å². The second kappa shape index (κ2) is 6.67. The summed E-state index contributed by atoms with van der Waals surface area (Å²) in [5.41, 5.74) is 3.85. The van der Waals surface area contributed by atoms with Crippen molar-refractivity contribution < 1.29 is 14.4 Å². The molecule has 0 unspecified atom stereocenters. The Morgan fingerprint density at radius 2 is 2.23 bits per heavy atom. The number of rotatable bonds is 3. The monoisotopic (exact) mass is 352 g/mol. The molecule has 0 N–H and O–H groups in total. The van der Waals surface area contributed by atoms with Gasteiger partial charge in [-0.05, 0) is 49.1 Å². The number of benzene rings is 1. The van der Waals surface area contributed by atoms with Crippen LogP contribution in [-0.2, 0) is 9.63 Å². The molecule has 0 bridgehead atoms. The summed E-state index contributed by atoms with van der Waals surface area (Å²) in [6.45, 7) is 2.66. The Balaban J connectivity index is 1.69. The van der Waals surface area contributed by atoms with Crippen LogP contribution < -0.4 is 4.74 Å². The zero-order valence-corrected chi connectivity index (χ0v) is 14.8. The maximum absolute atomic E-state index is 12.0. The Bertz CT molecular complexity index is 913. The molecule has 0 radical (unpaired) electrons.